The van der Waals surface area contributed by atoms with Gasteiger partial charge in [-0.25, -0.2) is 0 Å². The molecule has 0 aliphatic carbocycles. The molecule has 0 amide bonds. The third-order valence-electron chi connectivity index (χ3n) is 11.1. The number of carbonyl (C=O) groups is 1. The van der Waals surface area contributed by atoms with Gasteiger partial charge in [-0.3, -0.25) is 4.79 Å². The number of hydrogen-bond acceptors (Lipinski definition) is 9. The van der Waals surface area contributed by atoms with Crippen molar-refractivity contribution in [2.24, 2.45) is 0 Å². The van der Waals surface area contributed by atoms with E-state index in [0.717, 1.165) is 57.8 Å². The predicted octanol–water partition coefficient (Wildman–Crippen LogP) is 11.0. The van der Waals surface area contributed by atoms with Crippen molar-refractivity contribution in [1.29, 1.82) is 0 Å². The molecule has 1 rings (SSSR count). The van der Waals surface area contributed by atoms with Gasteiger partial charge in [0.1, 0.15) is 30.5 Å². The maximum absolute atomic E-state index is 12.8. The monoisotopic (exact) mass is 811 g/mol. The fraction of sp³-hybridized carbons (Fsp3) is 0.896. The summed E-state index contributed by atoms with van der Waals surface area (Å²) in [4.78, 5) is 12.8. The van der Waals surface area contributed by atoms with Crippen LogP contribution in [0, 0.1) is 0 Å². The minimum absolute atomic E-state index is 0.115. The number of hydrogen-bond donors (Lipinski definition) is 4. The van der Waals surface area contributed by atoms with Gasteiger partial charge in [0.05, 0.1) is 19.8 Å². The summed E-state index contributed by atoms with van der Waals surface area (Å²) in [5, 5.41) is 40.1. The molecule has 9 heteroatoms. The van der Waals surface area contributed by atoms with E-state index in [1.54, 1.807) is 0 Å². The van der Waals surface area contributed by atoms with Gasteiger partial charge in [-0.1, -0.05) is 186 Å². The maximum Gasteiger partial charge on any atom is 0.306 e. The molecule has 0 aromatic heterocycles. The maximum atomic E-state index is 12.8. The van der Waals surface area contributed by atoms with Crippen LogP contribution < -0.4 is 0 Å². The zero-order valence-corrected chi connectivity index (χ0v) is 36.9. The summed E-state index contributed by atoms with van der Waals surface area (Å²) in [7, 11) is 0. The Labute approximate surface area is 349 Å². The van der Waals surface area contributed by atoms with E-state index < -0.39 is 43.4 Å². The average molecular weight is 811 g/mol. The standard InChI is InChI=1S/C48H90O9/c1-3-5-7-9-11-13-15-17-19-20-21-22-24-26-28-30-32-34-36-38-54-40-42(41-55-48-47(53)46(52)45(51)43(39-49)57-48)56-44(50)37-35-33-31-29-27-25-23-18-16-14-12-10-8-6-4-2/h12,14,18,23,42-43,45-49,51-53H,3-11,13,15-17,19-22,24-41H2,1-2H3/b14-12-,23-18-. The third-order valence-corrected chi connectivity index (χ3v) is 11.1. The lowest BCUT2D eigenvalue weighted by Crippen LogP contribution is -2.59. The molecule has 6 unspecified atom stereocenters. The molecular weight excluding hydrogens is 721 g/mol. The van der Waals surface area contributed by atoms with Crippen molar-refractivity contribution in [3.8, 4) is 0 Å². The minimum atomic E-state index is -1.54. The van der Waals surface area contributed by atoms with E-state index >= 15 is 0 Å². The van der Waals surface area contributed by atoms with Crippen LogP contribution in [0.15, 0.2) is 24.3 Å². The van der Waals surface area contributed by atoms with Crippen LogP contribution in [0.3, 0.4) is 0 Å². The van der Waals surface area contributed by atoms with Gasteiger partial charge in [0.2, 0.25) is 0 Å². The van der Waals surface area contributed by atoms with Gasteiger partial charge in [0.25, 0.3) is 0 Å². The molecule has 0 bridgehead atoms. The first-order valence-electron chi connectivity index (χ1n) is 23.9. The lowest BCUT2D eigenvalue weighted by atomic mass is 9.99. The average Bonchev–Trinajstić information content (AvgIpc) is 3.21. The van der Waals surface area contributed by atoms with Crippen LogP contribution in [0.25, 0.3) is 0 Å². The highest BCUT2D eigenvalue weighted by Crippen LogP contribution is 2.23. The summed E-state index contributed by atoms with van der Waals surface area (Å²) in [5.41, 5.74) is 0. The lowest BCUT2D eigenvalue weighted by Gasteiger charge is -2.39. The number of rotatable bonds is 41. The molecule has 1 heterocycles. The van der Waals surface area contributed by atoms with Crippen molar-refractivity contribution in [3.63, 3.8) is 0 Å². The highest BCUT2D eigenvalue weighted by atomic mass is 16.7. The molecule has 4 N–H and O–H groups in total. The van der Waals surface area contributed by atoms with Gasteiger partial charge in [0, 0.05) is 13.0 Å². The van der Waals surface area contributed by atoms with E-state index in [1.807, 2.05) is 0 Å². The van der Waals surface area contributed by atoms with Gasteiger partial charge in [0.15, 0.2) is 6.29 Å². The van der Waals surface area contributed by atoms with Crippen LogP contribution in [-0.2, 0) is 23.7 Å². The first-order chi connectivity index (χ1) is 27.9. The van der Waals surface area contributed by atoms with Crippen molar-refractivity contribution in [1.82, 2.24) is 0 Å². The Morgan fingerprint density at radius 1 is 0.561 bits per heavy atom. The fourth-order valence-electron chi connectivity index (χ4n) is 7.35. The van der Waals surface area contributed by atoms with E-state index in [2.05, 4.69) is 38.2 Å². The fourth-order valence-corrected chi connectivity index (χ4v) is 7.35. The number of ether oxygens (including phenoxy) is 4. The predicted molar refractivity (Wildman–Crippen MR) is 233 cm³/mol. The van der Waals surface area contributed by atoms with Crippen LogP contribution in [-0.4, -0.2) is 89.6 Å². The second-order valence-electron chi connectivity index (χ2n) is 16.6. The summed E-state index contributed by atoms with van der Waals surface area (Å²) >= 11 is 0. The SMILES string of the molecule is CCCCC/C=C\C/C=C\CCCCCCCC(=O)OC(COCCCCCCCCCCCCCCCCCCCCC)COC1OC(CO)C(O)C(O)C1O. The topological polar surface area (TPSA) is 135 Å². The Morgan fingerprint density at radius 3 is 1.54 bits per heavy atom. The van der Waals surface area contributed by atoms with Crippen molar-refractivity contribution in [2.45, 2.75) is 250 Å². The Morgan fingerprint density at radius 2 is 1.02 bits per heavy atom. The summed E-state index contributed by atoms with van der Waals surface area (Å²) in [5.74, 6) is -0.324. The first kappa shape index (κ1) is 53.7. The Hall–Kier alpha value is -1.33. The van der Waals surface area contributed by atoms with Crippen LogP contribution >= 0.6 is 0 Å². The van der Waals surface area contributed by atoms with E-state index in [0.29, 0.717) is 13.0 Å². The van der Waals surface area contributed by atoms with E-state index in [1.165, 1.54) is 135 Å². The number of aliphatic hydroxyl groups is 4. The van der Waals surface area contributed by atoms with Crippen LogP contribution in [0.1, 0.15) is 213 Å². The van der Waals surface area contributed by atoms with Gasteiger partial charge in [-0.15, -0.1) is 0 Å². The second-order valence-corrected chi connectivity index (χ2v) is 16.6. The molecule has 1 saturated heterocycles. The zero-order chi connectivity index (χ0) is 41.4. The molecule has 57 heavy (non-hydrogen) atoms. The number of aliphatic hydroxyl groups excluding tert-OH is 4. The van der Waals surface area contributed by atoms with Crippen molar-refractivity contribution >= 4 is 5.97 Å². The zero-order valence-electron chi connectivity index (χ0n) is 36.9. The van der Waals surface area contributed by atoms with Gasteiger partial charge in [-0.05, 0) is 44.9 Å². The summed E-state index contributed by atoms with van der Waals surface area (Å²) in [6.07, 6.45) is 39.2. The molecule has 1 aliphatic rings. The molecule has 0 aromatic carbocycles. The Balaban J connectivity index is 2.23. The summed E-state index contributed by atoms with van der Waals surface area (Å²) < 4.78 is 22.8. The smallest absolute Gasteiger partial charge is 0.306 e. The van der Waals surface area contributed by atoms with E-state index in [4.69, 9.17) is 18.9 Å². The van der Waals surface area contributed by atoms with Gasteiger partial charge in [-0.2, -0.15) is 0 Å². The number of allylic oxidation sites excluding steroid dienone is 4. The summed E-state index contributed by atoms with van der Waals surface area (Å²) in [6.45, 7) is 4.55. The highest BCUT2D eigenvalue weighted by molar-refractivity contribution is 5.69. The van der Waals surface area contributed by atoms with Gasteiger partial charge < -0.3 is 39.4 Å². The highest BCUT2D eigenvalue weighted by Gasteiger charge is 2.44. The lowest BCUT2D eigenvalue weighted by molar-refractivity contribution is -0.305. The Kier molecular flexibility index (Phi) is 37.8. The number of unbranched alkanes of at least 4 members (excludes halogenated alkanes) is 26. The molecule has 0 saturated carbocycles. The van der Waals surface area contributed by atoms with E-state index in [-0.39, 0.29) is 19.2 Å². The molecule has 6 atom stereocenters. The van der Waals surface area contributed by atoms with Crippen molar-refractivity contribution in [3.05, 3.63) is 24.3 Å². The molecule has 1 fully saturated rings. The first-order valence-corrected chi connectivity index (χ1v) is 23.9. The molecule has 0 aromatic rings. The molecule has 0 radical (unpaired) electrons. The Bertz CT molecular complexity index is 926. The second kappa shape index (κ2) is 40.1. The minimum Gasteiger partial charge on any atom is -0.457 e. The quantitative estimate of drug-likeness (QED) is 0.0270. The van der Waals surface area contributed by atoms with Crippen molar-refractivity contribution in [2.75, 3.05) is 26.4 Å². The summed E-state index contributed by atoms with van der Waals surface area (Å²) in [6, 6.07) is 0. The van der Waals surface area contributed by atoms with Gasteiger partial charge >= 0.3 is 5.97 Å². The normalized spacial score (nSPS) is 20.6. The number of esters is 1. The largest absolute Gasteiger partial charge is 0.457 e. The van der Waals surface area contributed by atoms with Crippen LogP contribution in [0.2, 0.25) is 0 Å². The van der Waals surface area contributed by atoms with Crippen LogP contribution in [0.5, 0.6) is 0 Å². The van der Waals surface area contributed by atoms with Crippen molar-refractivity contribution < 1.29 is 44.2 Å². The van der Waals surface area contributed by atoms with Crippen LogP contribution in [0.4, 0.5) is 0 Å². The molecule has 9 nitrogen and oxygen atoms in total. The molecular formula is C48H90O9. The molecule has 0 spiro atoms. The molecule has 1 aliphatic heterocycles. The van der Waals surface area contributed by atoms with E-state index in [9.17, 15) is 25.2 Å². The number of carbonyl (C=O) groups excluding carboxylic acids is 1. The third kappa shape index (κ3) is 31.2. The molecule has 336 valence electrons.